The third kappa shape index (κ3) is 3.91. The number of benzene rings is 1. The second-order valence-corrected chi connectivity index (χ2v) is 4.49. The van der Waals surface area contributed by atoms with Crippen molar-refractivity contribution in [3.8, 4) is 5.75 Å². The van der Waals surface area contributed by atoms with Crippen molar-refractivity contribution in [2.45, 2.75) is 6.92 Å². The molecule has 0 heterocycles. The molecule has 0 aromatic heterocycles. The minimum Gasteiger partial charge on any atom is -0.465 e. The first-order chi connectivity index (χ1) is 8.65. The summed E-state index contributed by atoms with van der Waals surface area (Å²) in [5, 5.41) is 18.0. The molecule has 0 atom stereocenters. The van der Waals surface area contributed by atoms with Crippen LogP contribution in [-0.2, 0) is 15.2 Å². The van der Waals surface area contributed by atoms with Gasteiger partial charge in [-0.3, -0.25) is 0 Å². The Bertz CT molecular complexity index is 599. The summed E-state index contributed by atoms with van der Waals surface area (Å²) < 4.78 is 41.9. The number of esters is 1. The molecule has 0 saturated heterocycles. The third-order valence-corrected chi connectivity index (χ3v) is 2.65. The fourth-order valence-corrected chi connectivity index (χ4v) is 1.76. The number of methoxy groups -OCH3 is 1. The monoisotopic (exact) mass is 292 g/mol. The van der Waals surface area contributed by atoms with Gasteiger partial charge in [-0.2, -0.15) is 8.42 Å². The third-order valence-electron chi connectivity index (χ3n) is 2.28. The van der Waals surface area contributed by atoms with Gasteiger partial charge in [-0.15, -0.1) is 0 Å². The summed E-state index contributed by atoms with van der Waals surface area (Å²) in [5.74, 6) is -1.39. The molecule has 0 amide bonds. The van der Waals surface area contributed by atoms with Gasteiger partial charge in [0.1, 0.15) is 5.75 Å². The van der Waals surface area contributed by atoms with Gasteiger partial charge in [0.2, 0.25) is 0 Å². The highest BCUT2D eigenvalue weighted by molar-refractivity contribution is 7.81. The molecule has 0 unspecified atom stereocenters. The van der Waals surface area contributed by atoms with Crippen LogP contribution in [0.5, 0.6) is 5.75 Å². The molecule has 0 spiro atoms. The largest absolute Gasteiger partial charge is 0.488 e. The highest BCUT2D eigenvalue weighted by atomic mass is 32.3. The lowest BCUT2D eigenvalue weighted by atomic mass is 9.78. The standard InChI is InChI=1S/C9H10BFO7S/c1-5-7(9(12)17-2)3-6(10(13)14)4-8(5)18-19(11,15)16/h3-4,13-14H,1-2H3. The zero-order chi connectivity index (χ0) is 14.8. The van der Waals surface area contributed by atoms with Gasteiger partial charge >= 0.3 is 23.6 Å². The van der Waals surface area contributed by atoms with E-state index >= 15 is 0 Å². The molecule has 0 fully saturated rings. The van der Waals surface area contributed by atoms with Gasteiger partial charge in [0, 0.05) is 5.56 Å². The summed E-state index contributed by atoms with van der Waals surface area (Å²) >= 11 is 0. The van der Waals surface area contributed by atoms with E-state index in [4.69, 9.17) is 10.0 Å². The maximum atomic E-state index is 12.5. The minimum absolute atomic E-state index is 0.0162. The molecule has 0 bridgehead atoms. The van der Waals surface area contributed by atoms with E-state index in [9.17, 15) is 17.1 Å². The molecule has 10 heteroatoms. The lowest BCUT2D eigenvalue weighted by Crippen LogP contribution is -2.31. The summed E-state index contributed by atoms with van der Waals surface area (Å²) in [7, 11) is -6.22. The number of carbonyl (C=O) groups is 1. The van der Waals surface area contributed by atoms with Gasteiger partial charge in [-0.05, 0) is 24.5 Å². The Labute approximate surface area is 109 Å². The predicted octanol–water partition coefficient (Wildman–Crippen LogP) is -0.945. The Morgan fingerprint density at radius 1 is 1.37 bits per heavy atom. The summed E-state index contributed by atoms with van der Waals surface area (Å²) in [6.07, 6.45) is 0. The molecular weight excluding hydrogens is 282 g/mol. The molecule has 1 aromatic carbocycles. The first kappa shape index (κ1) is 15.4. The van der Waals surface area contributed by atoms with Crippen LogP contribution >= 0.6 is 0 Å². The highest BCUT2D eigenvalue weighted by Gasteiger charge is 2.23. The van der Waals surface area contributed by atoms with E-state index in [-0.39, 0.29) is 16.6 Å². The van der Waals surface area contributed by atoms with E-state index in [1.807, 2.05) is 0 Å². The molecule has 0 saturated carbocycles. The quantitative estimate of drug-likeness (QED) is 0.418. The second kappa shape index (κ2) is 5.55. The van der Waals surface area contributed by atoms with Crippen LogP contribution in [0, 0.1) is 6.92 Å². The van der Waals surface area contributed by atoms with E-state index in [1.165, 1.54) is 6.92 Å². The first-order valence-corrected chi connectivity index (χ1v) is 6.19. The fraction of sp³-hybridized carbons (Fsp3) is 0.222. The zero-order valence-corrected chi connectivity index (χ0v) is 10.8. The van der Waals surface area contributed by atoms with E-state index in [0.29, 0.717) is 0 Å². The molecule has 1 rings (SSSR count). The molecule has 0 aliphatic rings. The fourth-order valence-electron chi connectivity index (χ4n) is 1.37. The van der Waals surface area contributed by atoms with Gasteiger partial charge in [0.15, 0.2) is 0 Å². The number of ether oxygens (including phenoxy) is 1. The Balaban J connectivity index is 3.45. The van der Waals surface area contributed by atoms with Gasteiger partial charge in [-0.1, -0.05) is 3.89 Å². The van der Waals surface area contributed by atoms with Crippen LogP contribution in [0.2, 0.25) is 0 Å². The minimum atomic E-state index is -5.31. The Hall–Kier alpha value is -1.65. The van der Waals surface area contributed by atoms with Crippen LogP contribution in [0.15, 0.2) is 12.1 Å². The van der Waals surface area contributed by atoms with Crippen molar-refractivity contribution in [1.29, 1.82) is 0 Å². The highest BCUT2D eigenvalue weighted by Crippen LogP contribution is 2.23. The maximum absolute atomic E-state index is 12.5. The van der Waals surface area contributed by atoms with Crippen LogP contribution in [0.25, 0.3) is 0 Å². The van der Waals surface area contributed by atoms with E-state index < -0.39 is 29.3 Å². The van der Waals surface area contributed by atoms with E-state index in [2.05, 4.69) is 8.92 Å². The van der Waals surface area contributed by atoms with E-state index in [0.717, 1.165) is 19.2 Å². The van der Waals surface area contributed by atoms with Crippen molar-refractivity contribution < 1.29 is 36.1 Å². The van der Waals surface area contributed by atoms with Crippen LogP contribution in [0.3, 0.4) is 0 Å². The molecule has 0 aliphatic carbocycles. The maximum Gasteiger partial charge on any atom is 0.488 e. The summed E-state index contributed by atoms with van der Waals surface area (Å²) in [6, 6.07) is 1.97. The number of hydrogen-bond acceptors (Lipinski definition) is 7. The summed E-state index contributed by atoms with van der Waals surface area (Å²) in [5.41, 5.74) is -0.436. The van der Waals surface area contributed by atoms with Crippen molar-refractivity contribution in [1.82, 2.24) is 0 Å². The topological polar surface area (TPSA) is 110 Å². The smallest absolute Gasteiger partial charge is 0.465 e. The average molecular weight is 292 g/mol. The lowest BCUT2D eigenvalue weighted by Gasteiger charge is -2.11. The van der Waals surface area contributed by atoms with Crippen molar-refractivity contribution in [2.24, 2.45) is 0 Å². The summed E-state index contributed by atoms with van der Waals surface area (Å²) in [6.45, 7) is 1.29. The Morgan fingerprint density at radius 3 is 2.37 bits per heavy atom. The number of hydrogen-bond donors (Lipinski definition) is 2. The van der Waals surface area contributed by atoms with Gasteiger partial charge in [-0.25, -0.2) is 4.79 Å². The molecular formula is C9H10BFO7S. The van der Waals surface area contributed by atoms with Gasteiger partial charge in [0.05, 0.1) is 12.7 Å². The van der Waals surface area contributed by atoms with Gasteiger partial charge < -0.3 is 19.0 Å². The van der Waals surface area contributed by atoms with Crippen molar-refractivity contribution >= 4 is 29.1 Å². The van der Waals surface area contributed by atoms with Crippen molar-refractivity contribution in [3.05, 3.63) is 23.3 Å². The van der Waals surface area contributed by atoms with Crippen LogP contribution < -0.4 is 9.65 Å². The number of carbonyl (C=O) groups excluding carboxylic acids is 1. The molecule has 0 aliphatic heterocycles. The molecule has 0 radical (unpaired) electrons. The Kier molecular flexibility index (Phi) is 4.50. The van der Waals surface area contributed by atoms with Crippen LogP contribution in [-0.4, -0.2) is 38.7 Å². The molecule has 7 nitrogen and oxygen atoms in total. The second-order valence-electron chi connectivity index (χ2n) is 3.53. The molecule has 19 heavy (non-hydrogen) atoms. The number of halogens is 1. The van der Waals surface area contributed by atoms with Crippen molar-refractivity contribution in [2.75, 3.05) is 7.11 Å². The summed E-state index contributed by atoms with van der Waals surface area (Å²) in [4.78, 5) is 11.4. The zero-order valence-electron chi connectivity index (χ0n) is 9.95. The average Bonchev–Trinajstić information content (AvgIpc) is 2.28. The molecule has 2 N–H and O–H groups in total. The SMILES string of the molecule is COC(=O)c1cc(B(O)O)cc(OS(=O)(=O)F)c1C. The normalized spacial score (nSPS) is 11.0. The van der Waals surface area contributed by atoms with E-state index in [1.54, 1.807) is 0 Å². The molecule has 1 aromatic rings. The van der Waals surface area contributed by atoms with Crippen molar-refractivity contribution in [3.63, 3.8) is 0 Å². The number of rotatable bonds is 4. The Morgan fingerprint density at radius 2 is 1.95 bits per heavy atom. The molecule has 104 valence electrons. The van der Waals surface area contributed by atoms with Crippen LogP contribution in [0.1, 0.15) is 15.9 Å². The van der Waals surface area contributed by atoms with Crippen LogP contribution in [0.4, 0.5) is 3.89 Å². The predicted molar refractivity (Wildman–Crippen MR) is 63.0 cm³/mol. The first-order valence-electron chi connectivity index (χ1n) is 4.88. The van der Waals surface area contributed by atoms with Gasteiger partial charge in [0.25, 0.3) is 0 Å². The lowest BCUT2D eigenvalue weighted by molar-refractivity contribution is 0.0599.